The van der Waals surface area contributed by atoms with Crippen molar-refractivity contribution in [1.82, 2.24) is 8.75 Å². The van der Waals surface area contributed by atoms with Gasteiger partial charge in [0.25, 0.3) is 0 Å². The summed E-state index contributed by atoms with van der Waals surface area (Å²) >= 11 is 5.09. The highest BCUT2D eigenvalue weighted by molar-refractivity contribution is 7.27. The summed E-state index contributed by atoms with van der Waals surface area (Å²) in [6.45, 7) is 4.37. The van der Waals surface area contributed by atoms with Crippen LogP contribution in [0.4, 0.5) is 0 Å². The Kier molecular flexibility index (Phi) is 2.24. The minimum absolute atomic E-state index is 1.08. The molecule has 2 nitrogen and oxygen atoms in total. The zero-order chi connectivity index (χ0) is 12.3. The SMILES string of the molecule is CCc1cc2c3nsnc3c3cc(C)sc3c2s1. The molecule has 0 bridgehead atoms. The molecule has 4 aromatic rings. The van der Waals surface area contributed by atoms with E-state index in [0.717, 1.165) is 17.5 Å². The highest BCUT2D eigenvalue weighted by Crippen LogP contribution is 2.42. The highest BCUT2D eigenvalue weighted by atomic mass is 32.1. The van der Waals surface area contributed by atoms with Crippen LogP contribution in [0, 0.1) is 6.92 Å². The third-order valence-corrected chi connectivity index (χ3v) is 6.21. The van der Waals surface area contributed by atoms with Crippen molar-refractivity contribution in [2.75, 3.05) is 0 Å². The molecule has 0 atom stereocenters. The van der Waals surface area contributed by atoms with Gasteiger partial charge in [0.1, 0.15) is 11.0 Å². The Morgan fingerprint density at radius 1 is 1.00 bits per heavy atom. The molecule has 1 aromatic carbocycles. The second-order valence-corrected chi connectivity index (χ2v) is 7.29. The van der Waals surface area contributed by atoms with Gasteiger partial charge in [-0.25, -0.2) is 0 Å². The Morgan fingerprint density at radius 2 is 1.67 bits per heavy atom. The molecule has 3 heterocycles. The first kappa shape index (κ1) is 10.8. The topological polar surface area (TPSA) is 25.8 Å². The Bertz CT molecular complexity index is 882. The van der Waals surface area contributed by atoms with Crippen molar-refractivity contribution in [2.24, 2.45) is 0 Å². The molecule has 0 radical (unpaired) electrons. The summed E-state index contributed by atoms with van der Waals surface area (Å²) in [5.41, 5.74) is 2.16. The van der Waals surface area contributed by atoms with Crippen molar-refractivity contribution < 1.29 is 0 Å². The number of nitrogens with zero attached hydrogens (tertiary/aromatic N) is 2. The molecule has 0 spiro atoms. The molecule has 5 heteroatoms. The van der Waals surface area contributed by atoms with Crippen molar-refractivity contribution in [3.63, 3.8) is 0 Å². The summed E-state index contributed by atoms with van der Waals surface area (Å²) in [7, 11) is 0. The molecule has 0 aliphatic carbocycles. The van der Waals surface area contributed by atoms with Crippen LogP contribution < -0.4 is 0 Å². The summed E-state index contributed by atoms with van der Waals surface area (Å²) in [6, 6.07) is 4.53. The maximum absolute atomic E-state index is 4.50. The molecule has 18 heavy (non-hydrogen) atoms. The molecular weight excluding hydrogens is 280 g/mol. The maximum Gasteiger partial charge on any atom is 0.114 e. The Morgan fingerprint density at radius 3 is 2.39 bits per heavy atom. The fourth-order valence-electron chi connectivity index (χ4n) is 2.36. The molecule has 0 saturated heterocycles. The molecule has 3 aromatic heterocycles. The van der Waals surface area contributed by atoms with Gasteiger partial charge < -0.3 is 0 Å². The van der Waals surface area contributed by atoms with Gasteiger partial charge in [-0.15, -0.1) is 22.7 Å². The van der Waals surface area contributed by atoms with Crippen LogP contribution in [-0.4, -0.2) is 8.75 Å². The fraction of sp³-hybridized carbons (Fsp3) is 0.231. The van der Waals surface area contributed by atoms with Gasteiger partial charge in [-0.05, 0) is 25.5 Å². The van der Waals surface area contributed by atoms with Crippen molar-refractivity contribution in [3.05, 3.63) is 21.9 Å². The van der Waals surface area contributed by atoms with Crippen molar-refractivity contribution in [3.8, 4) is 0 Å². The Labute approximate surface area is 116 Å². The van der Waals surface area contributed by atoms with Gasteiger partial charge in [-0.1, -0.05) is 6.92 Å². The van der Waals surface area contributed by atoms with E-state index in [1.165, 1.54) is 41.7 Å². The van der Waals surface area contributed by atoms with Gasteiger partial charge in [0.2, 0.25) is 0 Å². The van der Waals surface area contributed by atoms with E-state index >= 15 is 0 Å². The van der Waals surface area contributed by atoms with Crippen LogP contribution in [0.5, 0.6) is 0 Å². The maximum atomic E-state index is 4.50. The van der Waals surface area contributed by atoms with E-state index in [4.69, 9.17) is 0 Å². The third kappa shape index (κ3) is 1.32. The lowest BCUT2D eigenvalue weighted by atomic mass is 10.1. The number of hydrogen-bond acceptors (Lipinski definition) is 5. The molecule has 0 unspecified atom stereocenters. The van der Waals surface area contributed by atoms with Crippen LogP contribution in [0.15, 0.2) is 12.1 Å². The van der Waals surface area contributed by atoms with Gasteiger partial charge in [0, 0.05) is 20.5 Å². The molecule has 0 N–H and O–H groups in total. The van der Waals surface area contributed by atoms with E-state index in [0.29, 0.717) is 0 Å². The summed E-state index contributed by atoms with van der Waals surface area (Å²) in [5, 5.41) is 2.56. The number of benzene rings is 1. The lowest BCUT2D eigenvalue weighted by Gasteiger charge is -1.94. The molecule has 0 amide bonds. The number of aryl methyl sites for hydroxylation is 2. The minimum atomic E-state index is 1.08. The lowest BCUT2D eigenvalue weighted by Crippen LogP contribution is -1.72. The van der Waals surface area contributed by atoms with Crippen LogP contribution in [0.1, 0.15) is 16.7 Å². The second kappa shape index (κ2) is 3.73. The fourth-order valence-corrected chi connectivity index (χ4v) is 5.20. The van der Waals surface area contributed by atoms with Crippen LogP contribution in [0.25, 0.3) is 31.2 Å². The van der Waals surface area contributed by atoms with Gasteiger partial charge in [0.05, 0.1) is 21.1 Å². The largest absolute Gasteiger partial charge is 0.172 e. The molecule has 0 aliphatic heterocycles. The number of aromatic nitrogens is 2. The normalized spacial score (nSPS) is 12.1. The van der Waals surface area contributed by atoms with E-state index < -0.39 is 0 Å². The first-order valence-corrected chi connectivity index (χ1v) is 8.21. The van der Waals surface area contributed by atoms with Gasteiger partial charge in [-0.2, -0.15) is 8.75 Å². The van der Waals surface area contributed by atoms with Gasteiger partial charge >= 0.3 is 0 Å². The standard InChI is InChI=1S/C13H10N2S3/c1-3-7-5-9-11-10(14-18-15-11)8-4-6(2)16-12(8)13(9)17-7/h4-5H,3H2,1-2H3. The van der Waals surface area contributed by atoms with Crippen LogP contribution in [0.2, 0.25) is 0 Å². The van der Waals surface area contributed by atoms with Crippen LogP contribution in [0.3, 0.4) is 0 Å². The Balaban J connectivity index is 2.36. The van der Waals surface area contributed by atoms with E-state index in [2.05, 4.69) is 34.7 Å². The first-order chi connectivity index (χ1) is 8.78. The summed E-state index contributed by atoms with van der Waals surface area (Å²) < 4.78 is 11.8. The van der Waals surface area contributed by atoms with Gasteiger partial charge in [0.15, 0.2) is 0 Å². The quantitative estimate of drug-likeness (QED) is 0.493. The summed E-state index contributed by atoms with van der Waals surface area (Å²) in [4.78, 5) is 2.77. The second-order valence-electron chi connectivity index (χ2n) is 4.37. The van der Waals surface area contributed by atoms with E-state index in [1.54, 1.807) is 0 Å². The summed E-state index contributed by atoms with van der Waals surface area (Å²) in [5.74, 6) is 0. The first-order valence-electron chi connectivity index (χ1n) is 5.84. The molecule has 90 valence electrons. The zero-order valence-electron chi connectivity index (χ0n) is 9.98. The molecule has 4 rings (SSSR count). The predicted molar refractivity (Wildman–Crippen MR) is 82.3 cm³/mol. The Hall–Kier alpha value is -1.04. The van der Waals surface area contributed by atoms with Crippen LogP contribution in [-0.2, 0) is 6.42 Å². The predicted octanol–water partition coefficient (Wildman–Crippen LogP) is 4.99. The number of hydrogen-bond donors (Lipinski definition) is 0. The average Bonchev–Trinajstić information content (AvgIpc) is 3.02. The molecular formula is C13H10N2S3. The van der Waals surface area contributed by atoms with Gasteiger partial charge in [-0.3, -0.25) is 0 Å². The van der Waals surface area contributed by atoms with Crippen molar-refractivity contribution in [1.29, 1.82) is 0 Å². The highest BCUT2D eigenvalue weighted by Gasteiger charge is 2.16. The van der Waals surface area contributed by atoms with Crippen molar-refractivity contribution >= 4 is 65.6 Å². The van der Waals surface area contributed by atoms with Crippen LogP contribution >= 0.6 is 34.4 Å². The minimum Gasteiger partial charge on any atom is -0.172 e. The van der Waals surface area contributed by atoms with E-state index in [9.17, 15) is 0 Å². The lowest BCUT2D eigenvalue weighted by molar-refractivity contribution is 1.19. The number of rotatable bonds is 1. The zero-order valence-corrected chi connectivity index (χ0v) is 12.4. The van der Waals surface area contributed by atoms with E-state index in [1.807, 2.05) is 22.7 Å². The monoisotopic (exact) mass is 290 g/mol. The molecule has 0 aliphatic rings. The average molecular weight is 290 g/mol. The molecule has 0 fully saturated rings. The number of thiophene rings is 2. The smallest absolute Gasteiger partial charge is 0.114 e. The van der Waals surface area contributed by atoms with Crippen molar-refractivity contribution in [2.45, 2.75) is 20.3 Å². The summed E-state index contributed by atoms with van der Waals surface area (Å²) in [6.07, 6.45) is 1.09. The van der Waals surface area contributed by atoms with E-state index in [-0.39, 0.29) is 0 Å². The third-order valence-electron chi connectivity index (χ3n) is 3.19. The molecule has 0 saturated carbocycles. The number of fused-ring (bicyclic) bond motifs is 6.